The van der Waals surface area contributed by atoms with Gasteiger partial charge < -0.3 is 20.1 Å². The van der Waals surface area contributed by atoms with Crippen molar-refractivity contribution in [2.75, 3.05) is 31.2 Å². The monoisotopic (exact) mass is 419 g/mol. The molecule has 4 aromatic rings. The number of nitrogens with zero attached hydrogens (tertiary/aromatic N) is 6. The number of morpholine rings is 1. The number of nitrogens with two attached hydrogens (primary N) is 1. The molecule has 0 bridgehead atoms. The zero-order valence-corrected chi connectivity index (χ0v) is 16.7. The second-order valence-electron chi connectivity index (χ2n) is 7.10. The lowest BCUT2D eigenvalue weighted by Gasteiger charge is -2.29. The lowest BCUT2D eigenvalue weighted by molar-refractivity contribution is 0.122. The maximum Gasteiger partial charge on any atom is 0.404 e. The number of hydrogen-bond acceptors (Lipinski definition) is 7. The number of benzene rings is 1. The maximum atomic E-state index is 11.0. The highest BCUT2D eigenvalue weighted by atomic mass is 16.5. The first-order valence-electron chi connectivity index (χ1n) is 9.93. The molecule has 0 spiro atoms. The topological polar surface area (TPSA) is 113 Å². The van der Waals surface area contributed by atoms with Crippen molar-refractivity contribution in [3.8, 4) is 17.1 Å². The first-order valence-corrected chi connectivity index (χ1v) is 9.93. The van der Waals surface area contributed by atoms with Gasteiger partial charge in [-0.2, -0.15) is 14.7 Å². The van der Waals surface area contributed by atoms with Gasteiger partial charge in [0.1, 0.15) is 18.1 Å². The molecule has 1 aromatic carbocycles. The molecule has 10 nitrogen and oxygen atoms in total. The van der Waals surface area contributed by atoms with Crippen molar-refractivity contribution in [1.29, 1.82) is 0 Å². The molecular formula is C21H21N7O3. The Bertz CT molecular complexity index is 1210. The van der Waals surface area contributed by atoms with E-state index < -0.39 is 6.09 Å². The van der Waals surface area contributed by atoms with Gasteiger partial charge in [-0.15, -0.1) is 0 Å². The van der Waals surface area contributed by atoms with Crippen LogP contribution in [0.3, 0.4) is 0 Å². The Balaban J connectivity index is 1.56. The van der Waals surface area contributed by atoms with E-state index in [1.807, 2.05) is 48.7 Å². The number of carbonyl (C=O) groups is 1. The summed E-state index contributed by atoms with van der Waals surface area (Å²) in [7, 11) is 0. The highest BCUT2D eigenvalue weighted by Gasteiger charge is 2.19. The van der Waals surface area contributed by atoms with Gasteiger partial charge in [0.2, 0.25) is 0 Å². The van der Waals surface area contributed by atoms with Crippen LogP contribution in [0.25, 0.3) is 22.7 Å². The van der Waals surface area contributed by atoms with Gasteiger partial charge in [-0.05, 0) is 6.07 Å². The standard InChI is InChI=1S/C21H21N7O3/c22-21(29)31-14-16-12-19-23-18(13-20(28(19)24-16)26-8-10-30-11-9-26)27-7-6-17(25-27)15-4-2-1-3-5-15/h1-7,12-13H,8-11,14H2,(H2,22,29). The molecule has 1 aliphatic rings. The van der Waals surface area contributed by atoms with Crippen molar-refractivity contribution in [2.45, 2.75) is 6.61 Å². The molecule has 31 heavy (non-hydrogen) atoms. The minimum atomic E-state index is -0.843. The number of hydrogen-bond donors (Lipinski definition) is 1. The van der Waals surface area contributed by atoms with E-state index in [1.165, 1.54) is 0 Å². The second-order valence-corrected chi connectivity index (χ2v) is 7.10. The van der Waals surface area contributed by atoms with Crippen LogP contribution >= 0.6 is 0 Å². The van der Waals surface area contributed by atoms with E-state index in [-0.39, 0.29) is 6.61 Å². The summed E-state index contributed by atoms with van der Waals surface area (Å²) < 4.78 is 13.9. The van der Waals surface area contributed by atoms with Crippen molar-refractivity contribution in [1.82, 2.24) is 24.4 Å². The lowest BCUT2D eigenvalue weighted by Crippen LogP contribution is -2.37. The van der Waals surface area contributed by atoms with Crippen LogP contribution in [-0.2, 0) is 16.1 Å². The van der Waals surface area contributed by atoms with E-state index in [0.29, 0.717) is 30.4 Å². The normalized spacial score (nSPS) is 14.1. The highest BCUT2D eigenvalue weighted by Crippen LogP contribution is 2.23. The Morgan fingerprint density at radius 1 is 1.10 bits per heavy atom. The van der Waals surface area contributed by atoms with Crippen LogP contribution in [0.1, 0.15) is 5.69 Å². The summed E-state index contributed by atoms with van der Waals surface area (Å²) in [6.45, 7) is 2.73. The third kappa shape index (κ3) is 3.92. The fourth-order valence-corrected chi connectivity index (χ4v) is 3.56. The molecule has 0 unspecified atom stereocenters. The van der Waals surface area contributed by atoms with Gasteiger partial charge >= 0.3 is 6.09 Å². The van der Waals surface area contributed by atoms with Crippen LogP contribution in [0, 0.1) is 0 Å². The average molecular weight is 419 g/mol. The Labute approximate surface area is 177 Å². The first kappa shape index (κ1) is 19.1. The molecule has 158 valence electrons. The number of fused-ring (bicyclic) bond motifs is 1. The lowest BCUT2D eigenvalue weighted by atomic mass is 10.2. The van der Waals surface area contributed by atoms with Gasteiger partial charge in [0.25, 0.3) is 0 Å². The third-order valence-corrected chi connectivity index (χ3v) is 5.04. The fourth-order valence-electron chi connectivity index (χ4n) is 3.56. The van der Waals surface area contributed by atoms with Crippen molar-refractivity contribution >= 4 is 17.6 Å². The largest absolute Gasteiger partial charge is 0.443 e. The molecule has 1 fully saturated rings. The number of aromatic nitrogens is 5. The predicted octanol–water partition coefficient (Wildman–Crippen LogP) is 2.01. The summed E-state index contributed by atoms with van der Waals surface area (Å²) in [5, 5.41) is 9.26. The van der Waals surface area contributed by atoms with E-state index in [2.05, 4.69) is 10.00 Å². The molecule has 1 amide bonds. The Kier molecular flexibility index (Phi) is 4.97. The summed E-state index contributed by atoms with van der Waals surface area (Å²) in [6, 6.07) is 15.7. The number of ether oxygens (including phenoxy) is 2. The molecule has 3 aromatic heterocycles. The zero-order valence-electron chi connectivity index (χ0n) is 16.7. The highest BCUT2D eigenvalue weighted by molar-refractivity contribution is 5.64. The maximum absolute atomic E-state index is 11.0. The molecule has 1 saturated heterocycles. The number of amides is 1. The molecule has 1 aliphatic heterocycles. The molecule has 4 heterocycles. The minimum absolute atomic E-state index is 0.0174. The molecule has 2 N–H and O–H groups in total. The van der Waals surface area contributed by atoms with E-state index in [4.69, 9.17) is 25.3 Å². The molecule has 0 atom stereocenters. The molecule has 5 rings (SSSR count). The van der Waals surface area contributed by atoms with Gasteiger partial charge in [0, 0.05) is 37.0 Å². The quantitative estimate of drug-likeness (QED) is 0.526. The van der Waals surface area contributed by atoms with E-state index in [9.17, 15) is 4.79 Å². The van der Waals surface area contributed by atoms with E-state index in [0.717, 1.165) is 30.2 Å². The number of anilines is 1. The van der Waals surface area contributed by atoms with Crippen LogP contribution in [0.4, 0.5) is 10.6 Å². The third-order valence-electron chi connectivity index (χ3n) is 5.04. The van der Waals surface area contributed by atoms with Crippen LogP contribution in [0.15, 0.2) is 54.7 Å². The second kappa shape index (κ2) is 8.07. The van der Waals surface area contributed by atoms with E-state index >= 15 is 0 Å². The zero-order chi connectivity index (χ0) is 21.2. The first-order chi connectivity index (χ1) is 15.2. The van der Waals surface area contributed by atoms with Gasteiger partial charge in [-0.3, -0.25) is 0 Å². The summed E-state index contributed by atoms with van der Waals surface area (Å²) in [6.07, 6.45) is 1.04. The molecular weight excluding hydrogens is 398 g/mol. The Hall–Kier alpha value is -3.92. The van der Waals surface area contributed by atoms with Crippen LogP contribution < -0.4 is 10.6 Å². The predicted molar refractivity (Wildman–Crippen MR) is 113 cm³/mol. The average Bonchev–Trinajstić information content (AvgIpc) is 3.45. The van der Waals surface area contributed by atoms with Crippen molar-refractivity contribution in [3.05, 3.63) is 60.4 Å². The van der Waals surface area contributed by atoms with E-state index in [1.54, 1.807) is 15.3 Å². The van der Waals surface area contributed by atoms with Crippen molar-refractivity contribution in [3.63, 3.8) is 0 Å². The van der Waals surface area contributed by atoms with Gasteiger partial charge in [0.15, 0.2) is 11.5 Å². The van der Waals surface area contributed by atoms with Crippen LogP contribution in [-0.4, -0.2) is 56.8 Å². The van der Waals surface area contributed by atoms with Crippen molar-refractivity contribution in [2.24, 2.45) is 5.73 Å². The van der Waals surface area contributed by atoms with Crippen molar-refractivity contribution < 1.29 is 14.3 Å². The summed E-state index contributed by atoms with van der Waals surface area (Å²) in [5.41, 5.74) is 8.16. The molecule has 0 saturated carbocycles. The van der Waals surface area contributed by atoms with Gasteiger partial charge in [-0.1, -0.05) is 30.3 Å². The Morgan fingerprint density at radius 2 is 1.90 bits per heavy atom. The summed E-state index contributed by atoms with van der Waals surface area (Å²) in [4.78, 5) is 17.9. The fraction of sp³-hybridized carbons (Fsp3) is 0.238. The van der Waals surface area contributed by atoms with Gasteiger partial charge in [0.05, 0.1) is 18.9 Å². The molecule has 10 heteroatoms. The smallest absolute Gasteiger partial charge is 0.404 e. The SMILES string of the molecule is NC(=O)OCc1cc2nc(-n3ccc(-c4ccccc4)n3)cc(N3CCOCC3)n2n1. The molecule has 0 radical (unpaired) electrons. The molecule has 0 aliphatic carbocycles. The number of primary amides is 1. The van der Waals surface area contributed by atoms with Crippen LogP contribution in [0.2, 0.25) is 0 Å². The van der Waals surface area contributed by atoms with Crippen LogP contribution in [0.5, 0.6) is 0 Å². The summed E-state index contributed by atoms with van der Waals surface area (Å²) >= 11 is 0. The Morgan fingerprint density at radius 3 is 2.68 bits per heavy atom. The number of rotatable bonds is 5. The summed E-state index contributed by atoms with van der Waals surface area (Å²) in [5.74, 6) is 1.53. The van der Waals surface area contributed by atoms with Gasteiger partial charge in [-0.25, -0.2) is 14.5 Å². The minimum Gasteiger partial charge on any atom is -0.443 e. The number of carbonyl (C=O) groups excluding carboxylic acids is 1.